The molecule has 2 aromatic carbocycles. The van der Waals surface area contributed by atoms with Gasteiger partial charge >= 0.3 is 6.03 Å². The molecule has 2 amide bonds. The van der Waals surface area contributed by atoms with Crippen LogP contribution >= 0.6 is 11.6 Å². The van der Waals surface area contributed by atoms with E-state index in [1.165, 1.54) is 7.11 Å². The summed E-state index contributed by atoms with van der Waals surface area (Å²) < 4.78 is 5.22. The molecule has 0 aromatic heterocycles. The third-order valence-electron chi connectivity index (χ3n) is 3.02. The Balaban J connectivity index is 2.01. The van der Waals surface area contributed by atoms with Gasteiger partial charge in [-0.15, -0.1) is 0 Å². The first-order valence-electron chi connectivity index (χ1n) is 6.53. The number of aryl methyl sites for hydroxylation is 1. The van der Waals surface area contributed by atoms with Crippen LogP contribution in [-0.4, -0.2) is 13.1 Å². The molecule has 0 aliphatic rings. The molecule has 4 nitrogen and oxygen atoms in total. The minimum Gasteiger partial charge on any atom is -0.495 e. The fraction of sp³-hybridized carbons (Fsp3) is 0.188. The van der Waals surface area contributed by atoms with Crippen LogP contribution < -0.4 is 15.4 Å². The molecule has 21 heavy (non-hydrogen) atoms. The highest BCUT2D eigenvalue weighted by Gasteiger charge is 2.10. The van der Waals surface area contributed by atoms with E-state index in [2.05, 4.69) is 10.6 Å². The van der Waals surface area contributed by atoms with Gasteiger partial charge in [-0.1, -0.05) is 41.9 Å². The zero-order valence-electron chi connectivity index (χ0n) is 11.9. The molecule has 0 atom stereocenters. The number of carbonyl (C=O) groups excluding carboxylic acids is 1. The first-order valence-corrected chi connectivity index (χ1v) is 6.91. The first kappa shape index (κ1) is 15.2. The van der Waals surface area contributed by atoms with Crippen LogP contribution in [0.5, 0.6) is 5.75 Å². The summed E-state index contributed by atoms with van der Waals surface area (Å²) in [6.45, 7) is 2.33. The molecule has 0 aliphatic carbocycles. The Kier molecular flexibility index (Phi) is 5.06. The maximum Gasteiger partial charge on any atom is 0.319 e. The van der Waals surface area contributed by atoms with Crippen molar-refractivity contribution in [3.63, 3.8) is 0 Å². The third kappa shape index (κ3) is 4.13. The predicted molar refractivity (Wildman–Crippen MR) is 85.0 cm³/mol. The molecule has 0 fully saturated rings. The molecule has 0 saturated carbocycles. The van der Waals surface area contributed by atoms with Crippen molar-refractivity contribution in [2.75, 3.05) is 12.4 Å². The number of anilines is 1. The van der Waals surface area contributed by atoms with Crippen LogP contribution in [0.1, 0.15) is 11.1 Å². The quantitative estimate of drug-likeness (QED) is 0.897. The maximum absolute atomic E-state index is 11.9. The van der Waals surface area contributed by atoms with Gasteiger partial charge in [-0.2, -0.15) is 0 Å². The summed E-state index contributed by atoms with van der Waals surface area (Å²) >= 11 is 6.03. The second-order valence-corrected chi connectivity index (χ2v) is 5.00. The second-order valence-electron chi connectivity index (χ2n) is 4.59. The van der Waals surface area contributed by atoms with Gasteiger partial charge in [-0.25, -0.2) is 4.79 Å². The number of ether oxygens (including phenoxy) is 1. The van der Waals surface area contributed by atoms with Crippen molar-refractivity contribution in [3.05, 3.63) is 58.6 Å². The largest absolute Gasteiger partial charge is 0.495 e. The van der Waals surface area contributed by atoms with E-state index < -0.39 is 0 Å². The van der Waals surface area contributed by atoms with Gasteiger partial charge < -0.3 is 15.4 Å². The van der Waals surface area contributed by atoms with Crippen molar-refractivity contribution in [2.45, 2.75) is 13.5 Å². The van der Waals surface area contributed by atoms with Gasteiger partial charge in [0.15, 0.2) is 0 Å². The maximum atomic E-state index is 11.9. The number of nitrogens with one attached hydrogen (secondary N) is 2. The summed E-state index contributed by atoms with van der Waals surface area (Å²) in [5, 5.41) is 6.16. The number of halogens is 1. The number of hydrogen-bond donors (Lipinski definition) is 2. The van der Waals surface area contributed by atoms with Crippen molar-refractivity contribution < 1.29 is 9.53 Å². The van der Waals surface area contributed by atoms with Gasteiger partial charge in [0.25, 0.3) is 0 Å². The average molecular weight is 305 g/mol. The molecule has 0 radical (unpaired) electrons. The highest BCUT2D eigenvalue weighted by Crippen LogP contribution is 2.30. The van der Waals surface area contributed by atoms with Crippen LogP contribution in [0.2, 0.25) is 5.02 Å². The van der Waals surface area contributed by atoms with E-state index in [1.54, 1.807) is 12.1 Å². The first-order chi connectivity index (χ1) is 10.1. The molecule has 2 rings (SSSR count). The normalized spacial score (nSPS) is 10.0. The summed E-state index contributed by atoms with van der Waals surface area (Å²) in [6, 6.07) is 12.9. The number of carbonyl (C=O) groups is 1. The topological polar surface area (TPSA) is 50.4 Å². The summed E-state index contributed by atoms with van der Waals surface area (Å²) in [7, 11) is 1.54. The second kappa shape index (κ2) is 6.99. The van der Waals surface area contributed by atoms with Gasteiger partial charge in [0.05, 0.1) is 12.8 Å². The Hall–Kier alpha value is -2.20. The Labute approximate surface area is 129 Å². The molecule has 0 bridgehead atoms. The van der Waals surface area contributed by atoms with Gasteiger partial charge in [-0.3, -0.25) is 0 Å². The number of urea groups is 1. The molecule has 5 heteroatoms. The van der Waals surface area contributed by atoms with Gasteiger partial charge in [0, 0.05) is 17.6 Å². The summed E-state index contributed by atoms with van der Waals surface area (Å²) in [6.07, 6.45) is 0. The Bertz CT molecular complexity index is 630. The van der Waals surface area contributed by atoms with Crippen molar-refractivity contribution in [3.8, 4) is 5.75 Å². The van der Waals surface area contributed by atoms with E-state index in [1.807, 2.05) is 37.3 Å². The van der Waals surface area contributed by atoms with Crippen LogP contribution in [0.4, 0.5) is 10.5 Å². The van der Waals surface area contributed by atoms with E-state index in [-0.39, 0.29) is 6.03 Å². The third-order valence-corrected chi connectivity index (χ3v) is 3.43. The summed E-state index contributed by atoms with van der Waals surface area (Å²) in [5.41, 5.74) is 2.49. The van der Waals surface area contributed by atoms with Crippen LogP contribution in [0.25, 0.3) is 0 Å². The molecular formula is C16H17ClN2O2. The highest BCUT2D eigenvalue weighted by atomic mass is 35.5. The Morgan fingerprint density at radius 3 is 2.62 bits per heavy atom. The molecule has 0 unspecified atom stereocenters. The zero-order valence-corrected chi connectivity index (χ0v) is 12.7. The van der Waals surface area contributed by atoms with Crippen LogP contribution in [0.3, 0.4) is 0 Å². The standard InChI is InChI=1S/C16H17ClN2O2/c1-11-8-14(15(21-2)9-13(11)17)19-16(20)18-10-12-6-4-3-5-7-12/h3-9H,10H2,1-2H3,(H2,18,19,20). The fourth-order valence-electron chi connectivity index (χ4n) is 1.87. The van der Waals surface area contributed by atoms with E-state index >= 15 is 0 Å². The summed E-state index contributed by atoms with van der Waals surface area (Å²) in [5.74, 6) is 0.528. The monoisotopic (exact) mass is 304 g/mol. The molecule has 2 aromatic rings. The van der Waals surface area contributed by atoms with E-state index in [4.69, 9.17) is 16.3 Å². The molecule has 0 saturated heterocycles. The summed E-state index contributed by atoms with van der Waals surface area (Å²) in [4.78, 5) is 11.9. The predicted octanol–water partition coefficient (Wildman–Crippen LogP) is 3.98. The highest BCUT2D eigenvalue weighted by molar-refractivity contribution is 6.31. The van der Waals surface area contributed by atoms with Crippen LogP contribution in [0.15, 0.2) is 42.5 Å². The number of methoxy groups -OCH3 is 1. The molecular weight excluding hydrogens is 288 g/mol. The number of rotatable bonds is 4. The van der Waals surface area contributed by atoms with E-state index in [9.17, 15) is 4.79 Å². The van der Waals surface area contributed by atoms with Crippen molar-refractivity contribution in [1.82, 2.24) is 5.32 Å². The van der Waals surface area contributed by atoms with Gasteiger partial charge in [-0.05, 0) is 24.1 Å². The van der Waals surface area contributed by atoms with Gasteiger partial charge in [0.2, 0.25) is 0 Å². The number of amides is 2. The minimum absolute atomic E-state index is 0.293. The van der Waals surface area contributed by atoms with Crippen molar-refractivity contribution in [1.29, 1.82) is 0 Å². The number of benzene rings is 2. The molecule has 110 valence electrons. The van der Waals surface area contributed by atoms with Crippen LogP contribution in [0, 0.1) is 6.92 Å². The smallest absolute Gasteiger partial charge is 0.319 e. The zero-order chi connectivity index (χ0) is 15.2. The molecule has 0 heterocycles. The lowest BCUT2D eigenvalue weighted by Gasteiger charge is -2.13. The SMILES string of the molecule is COc1cc(Cl)c(C)cc1NC(=O)NCc1ccccc1. The number of hydrogen-bond acceptors (Lipinski definition) is 2. The average Bonchev–Trinajstić information content (AvgIpc) is 2.49. The fourth-order valence-corrected chi connectivity index (χ4v) is 2.03. The molecule has 0 spiro atoms. The van der Waals surface area contributed by atoms with Gasteiger partial charge in [0.1, 0.15) is 5.75 Å². The van der Waals surface area contributed by atoms with E-state index in [0.717, 1.165) is 11.1 Å². The van der Waals surface area contributed by atoms with E-state index in [0.29, 0.717) is 23.0 Å². The minimum atomic E-state index is -0.293. The Morgan fingerprint density at radius 2 is 1.95 bits per heavy atom. The van der Waals surface area contributed by atoms with Crippen molar-refractivity contribution >= 4 is 23.3 Å². The lowest BCUT2D eigenvalue weighted by molar-refractivity contribution is 0.251. The Morgan fingerprint density at radius 1 is 1.24 bits per heavy atom. The lowest BCUT2D eigenvalue weighted by Crippen LogP contribution is -2.28. The lowest BCUT2D eigenvalue weighted by atomic mass is 10.2. The molecule has 0 aliphatic heterocycles. The molecule has 2 N–H and O–H groups in total. The van der Waals surface area contributed by atoms with Crippen LogP contribution in [-0.2, 0) is 6.54 Å². The van der Waals surface area contributed by atoms with Crippen molar-refractivity contribution in [2.24, 2.45) is 0 Å².